The molecule has 2 heteroatoms. The van der Waals surface area contributed by atoms with Gasteiger partial charge >= 0.3 is 0 Å². The van der Waals surface area contributed by atoms with E-state index in [2.05, 4.69) is 24.2 Å². The van der Waals surface area contributed by atoms with Gasteiger partial charge in [0, 0.05) is 6.04 Å². The van der Waals surface area contributed by atoms with E-state index in [1.165, 1.54) is 38.8 Å². The summed E-state index contributed by atoms with van der Waals surface area (Å²) in [5, 5.41) is 3.35. The van der Waals surface area contributed by atoms with Gasteiger partial charge in [-0.05, 0) is 52.4 Å². The number of hydrogen-bond donors (Lipinski definition) is 1. The van der Waals surface area contributed by atoms with E-state index in [0.29, 0.717) is 0 Å². The molecule has 0 heterocycles. The first kappa shape index (κ1) is 10.0. The fourth-order valence-corrected chi connectivity index (χ4v) is 1.49. The molecular weight excluding hydrogens is 148 g/mol. The van der Waals surface area contributed by atoms with Gasteiger partial charge < -0.3 is 10.2 Å². The SMILES string of the molecule is CCNCCCCN(C)C1CC1. The molecule has 0 bridgehead atoms. The van der Waals surface area contributed by atoms with Crippen LogP contribution in [-0.4, -0.2) is 37.6 Å². The van der Waals surface area contributed by atoms with Gasteiger partial charge in [0.05, 0.1) is 0 Å². The summed E-state index contributed by atoms with van der Waals surface area (Å²) in [5.41, 5.74) is 0. The van der Waals surface area contributed by atoms with Crippen LogP contribution in [0, 0.1) is 0 Å². The summed E-state index contributed by atoms with van der Waals surface area (Å²) in [5.74, 6) is 0. The number of unbranched alkanes of at least 4 members (excludes halogenated alkanes) is 1. The molecule has 0 unspecified atom stereocenters. The van der Waals surface area contributed by atoms with Crippen molar-refractivity contribution in [3.63, 3.8) is 0 Å². The summed E-state index contributed by atoms with van der Waals surface area (Å²) in [7, 11) is 2.25. The first-order valence-corrected chi connectivity index (χ1v) is 5.25. The Balaban J connectivity index is 1.81. The zero-order chi connectivity index (χ0) is 8.81. The molecule has 1 aliphatic carbocycles. The molecule has 1 rings (SSSR count). The van der Waals surface area contributed by atoms with E-state index in [0.717, 1.165) is 12.6 Å². The predicted molar refractivity (Wildman–Crippen MR) is 53.4 cm³/mol. The summed E-state index contributed by atoms with van der Waals surface area (Å²) in [4.78, 5) is 2.51. The third-order valence-corrected chi connectivity index (χ3v) is 2.53. The van der Waals surface area contributed by atoms with Crippen LogP contribution in [0.5, 0.6) is 0 Å². The maximum Gasteiger partial charge on any atom is 0.00933 e. The van der Waals surface area contributed by atoms with Gasteiger partial charge in [-0.15, -0.1) is 0 Å². The molecule has 0 aromatic carbocycles. The van der Waals surface area contributed by atoms with Crippen LogP contribution < -0.4 is 5.32 Å². The van der Waals surface area contributed by atoms with E-state index in [9.17, 15) is 0 Å². The lowest BCUT2D eigenvalue weighted by molar-refractivity contribution is 0.315. The molecule has 1 fully saturated rings. The molecule has 0 radical (unpaired) electrons. The standard InChI is InChI=1S/C10H22N2/c1-3-11-8-4-5-9-12(2)10-6-7-10/h10-11H,3-9H2,1-2H3. The van der Waals surface area contributed by atoms with Crippen molar-refractivity contribution in [2.45, 2.75) is 38.6 Å². The van der Waals surface area contributed by atoms with E-state index in [1.807, 2.05) is 0 Å². The fraction of sp³-hybridized carbons (Fsp3) is 1.00. The molecule has 0 amide bonds. The van der Waals surface area contributed by atoms with E-state index in [1.54, 1.807) is 0 Å². The summed E-state index contributed by atoms with van der Waals surface area (Å²) in [6, 6.07) is 0.934. The van der Waals surface area contributed by atoms with E-state index in [-0.39, 0.29) is 0 Å². The number of hydrogen-bond acceptors (Lipinski definition) is 2. The Hall–Kier alpha value is -0.0800. The monoisotopic (exact) mass is 170 g/mol. The smallest absolute Gasteiger partial charge is 0.00933 e. The zero-order valence-corrected chi connectivity index (χ0v) is 8.47. The third kappa shape index (κ3) is 4.07. The van der Waals surface area contributed by atoms with Gasteiger partial charge in [-0.3, -0.25) is 0 Å². The van der Waals surface area contributed by atoms with Crippen LogP contribution in [0.3, 0.4) is 0 Å². The largest absolute Gasteiger partial charge is 0.317 e. The fourth-order valence-electron chi connectivity index (χ4n) is 1.49. The molecule has 1 aliphatic rings. The molecule has 0 aliphatic heterocycles. The van der Waals surface area contributed by atoms with E-state index >= 15 is 0 Å². The van der Waals surface area contributed by atoms with Crippen LogP contribution >= 0.6 is 0 Å². The Labute approximate surface area is 76.3 Å². The highest BCUT2D eigenvalue weighted by Crippen LogP contribution is 2.25. The minimum Gasteiger partial charge on any atom is -0.317 e. The number of rotatable bonds is 7. The molecule has 1 saturated carbocycles. The Kier molecular flexibility index (Phi) is 4.62. The minimum atomic E-state index is 0.934. The Morgan fingerprint density at radius 3 is 2.67 bits per heavy atom. The highest BCUT2D eigenvalue weighted by Gasteiger charge is 2.25. The van der Waals surface area contributed by atoms with Gasteiger partial charge in [0.2, 0.25) is 0 Å². The van der Waals surface area contributed by atoms with E-state index < -0.39 is 0 Å². The first-order chi connectivity index (χ1) is 5.84. The quantitative estimate of drug-likeness (QED) is 0.582. The Morgan fingerprint density at radius 1 is 1.33 bits per heavy atom. The van der Waals surface area contributed by atoms with Crippen LogP contribution in [0.15, 0.2) is 0 Å². The van der Waals surface area contributed by atoms with Crippen LogP contribution in [0.1, 0.15) is 32.6 Å². The van der Waals surface area contributed by atoms with Crippen LogP contribution in [0.2, 0.25) is 0 Å². The lowest BCUT2D eigenvalue weighted by Gasteiger charge is -2.14. The predicted octanol–water partition coefficient (Wildman–Crippen LogP) is 1.47. The lowest BCUT2D eigenvalue weighted by Crippen LogP contribution is -2.23. The molecule has 0 aromatic heterocycles. The molecular formula is C10H22N2. The van der Waals surface area contributed by atoms with Crippen molar-refractivity contribution < 1.29 is 0 Å². The average molecular weight is 170 g/mol. The summed E-state index contributed by atoms with van der Waals surface area (Å²) < 4.78 is 0. The summed E-state index contributed by atoms with van der Waals surface area (Å²) in [6.45, 7) is 5.75. The molecule has 0 spiro atoms. The molecule has 0 atom stereocenters. The van der Waals surface area contributed by atoms with Crippen molar-refractivity contribution in [2.75, 3.05) is 26.7 Å². The Bertz CT molecular complexity index is 110. The second kappa shape index (κ2) is 5.55. The van der Waals surface area contributed by atoms with Crippen molar-refractivity contribution in [1.29, 1.82) is 0 Å². The average Bonchev–Trinajstić information content (AvgIpc) is 2.86. The number of nitrogens with zero attached hydrogens (tertiary/aromatic N) is 1. The lowest BCUT2D eigenvalue weighted by atomic mass is 10.3. The van der Waals surface area contributed by atoms with Crippen molar-refractivity contribution in [3.8, 4) is 0 Å². The zero-order valence-electron chi connectivity index (χ0n) is 8.47. The van der Waals surface area contributed by atoms with Gasteiger partial charge in [-0.2, -0.15) is 0 Å². The first-order valence-electron chi connectivity index (χ1n) is 5.25. The maximum absolute atomic E-state index is 3.35. The summed E-state index contributed by atoms with van der Waals surface area (Å²) >= 11 is 0. The molecule has 0 aromatic rings. The van der Waals surface area contributed by atoms with Gasteiger partial charge in [0.1, 0.15) is 0 Å². The normalized spacial score (nSPS) is 17.2. The maximum atomic E-state index is 3.35. The van der Waals surface area contributed by atoms with Crippen molar-refractivity contribution in [3.05, 3.63) is 0 Å². The highest BCUT2D eigenvalue weighted by atomic mass is 15.1. The minimum absolute atomic E-state index is 0.934. The van der Waals surface area contributed by atoms with Crippen LogP contribution in [0.25, 0.3) is 0 Å². The van der Waals surface area contributed by atoms with Crippen molar-refractivity contribution >= 4 is 0 Å². The van der Waals surface area contributed by atoms with Crippen molar-refractivity contribution in [2.24, 2.45) is 0 Å². The van der Waals surface area contributed by atoms with Crippen molar-refractivity contribution in [1.82, 2.24) is 10.2 Å². The van der Waals surface area contributed by atoms with Gasteiger partial charge in [-0.1, -0.05) is 6.92 Å². The second-order valence-corrected chi connectivity index (χ2v) is 3.77. The number of nitrogens with one attached hydrogen (secondary N) is 1. The van der Waals surface area contributed by atoms with Crippen LogP contribution in [0.4, 0.5) is 0 Å². The molecule has 0 saturated heterocycles. The van der Waals surface area contributed by atoms with Gasteiger partial charge in [-0.25, -0.2) is 0 Å². The summed E-state index contributed by atoms with van der Waals surface area (Å²) in [6.07, 6.45) is 5.54. The molecule has 1 N–H and O–H groups in total. The topological polar surface area (TPSA) is 15.3 Å². The Morgan fingerprint density at radius 2 is 2.08 bits per heavy atom. The van der Waals surface area contributed by atoms with Gasteiger partial charge in [0.15, 0.2) is 0 Å². The second-order valence-electron chi connectivity index (χ2n) is 3.77. The third-order valence-electron chi connectivity index (χ3n) is 2.53. The molecule has 2 nitrogen and oxygen atoms in total. The van der Waals surface area contributed by atoms with Gasteiger partial charge in [0.25, 0.3) is 0 Å². The van der Waals surface area contributed by atoms with Crippen LogP contribution in [-0.2, 0) is 0 Å². The molecule has 72 valence electrons. The van der Waals surface area contributed by atoms with E-state index in [4.69, 9.17) is 0 Å². The molecule has 12 heavy (non-hydrogen) atoms. The highest BCUT2D eigenvalue weighted by molar-refractivity contribution is 4.82.